The summed E-state index contributed by atoms with van der Waals surface area (Å²) in [4.78, 5) is 36.0. The molecule has 0 spiro atoms. The van der Waals surface area contributed by atoms with Gasteiger partial charge < -0.3 is 19.3 Å². The van der Waals surface area contributed by atoms with Gasteiger partial charge in [0.1, 0.15) is 24.7 Å². The summed E-state index contributed by atoms with van der Waals surface area (Å²) in [6.45, 7) is -0.0455. The van der Waals surface area contributed by atoms with Gasteiger partial charge in [-0.15, -0.1) is 0 Å². The highest BCUT2D eigenvalue weighted by atomic mass is 16.7. The van der Waals surface area contributed by atoms with Gasteiger partial charge in [-0.25, -0.2) is 9.59 Å². The first kappa shape index (κ1) is 20.6. The first-order valence-corrected chi connectivity index (χ1v) is 9.00. The summed E-state index contributed by atoms with van der Waals surface area (Å²) in [5, 5.41) is 10.1. The third-order valence-corrected chi connectivity index (χ3v) is 4.01. The molecule has 0 unspecified atom stereocenters. The summed E-state index contributed by atoms with van der Waals surface area (Å²) in [6, 6.07) is 21.4. The van der Waals surface area contributed by atoms with Crippen molar-refractivity contribution in [3.05, 3.63) is 95.6 Å². The lowest BCUT2D eigenvalue weighted by Crippen LogP contribution is -2.18. The Morgan fingerprint density at radius 1 is 0.733 bits per heavy atom. The van der Waals surface area contributed by atoms with E-state index in [1.165, 1.54) is 12.1 Å². The lowest BCUT2D eigenvalue weighted by Gasteiger charge is -2.08. The number of carbonyl (C=O) groups is 3. The maximum atomic E-state index is 12.2. The predicted molar refractivity (Wildman–Crippen MR) is 106 cm³/mol. The number of phenolic OH excluding ortho intramolecular Hbond substituents is 1. The largest absolute Gasteiger partial charge is 0.514 e. The average molecular weight is 406 g/mol. The molecular formula is C23H18O7. The molecule has 3 aromatic rings. The van der Waals surface area contributed by atoms with E-state index in [2.05, 4.69) is 0 Å². The molecule has 3 aromatic carbocycles. The van der Waals surface area contributed by atoms with Gasteiger partial charge >= 0.3 is 12.1 Å². The summed E-state index contributed by atoms with van der Waals surface area (Å²) in [5.74, 6) is -2.68. The summed E-state index contributed by atoms with van der Waals surface area (Å²) >= 11 is 0. The molecule has 0 aromatic heterocycles. The molecule has 3 rings (SSSR count). The van der Waals surface area contributed by atoms with Crippen molar-refractivity contribution in [2.45, 2.75) is 13.2 Å². The van der Waals surface area contributed by atoms with E-state index < -0.39 is 23.7 Å². The monoisotopic (exact) mass is 406 g/mol. The van der Waals surface area contributed by atoms with Crippen LogP contribution < -0.4 is 4.74 Å². The molecule has 0 aliphatic rings. The van der Waals surface area contributed by atoms with E-state index in [1.807, 2.05) is 24.3 Å². The van der Waals surface area contributed by atoms with Crippen molar-refractivity contribution in [3.63, 3.8) is 0 Å². The number of hydrogen-bond donors (Lipinski definition) is 1. The highest BCUT2D eigenvalue weighted by molar-refractivity contribution is 6.41. The van der Waals surface area contributed by atoms with Gasteiger partial charge in [0.25, 0.3) is 5.78 Å². The molecule has 30 heavy (non-hydrogen) atoms. The van der Waals surface area contributed by atoms with Crippen LogP contribution in [-0.2, 0) is 27.5 Å². The summed E-state index contributed by atoms with van der Waals surface area (Å²) in [6.07, 6.45) is -0.973. The van der Waals surface area contributed by atoms with E-state index in [0.717, 1.165) is 17.2 Å². The first-order chi connectivity index (χ1) is 14.5. The zero-order chi connectivity index (χ0) is 21.3. The second kappa shape index (κ2) is 9.88. The molecule has 0 saturated carbocycles. The Hall–Kier alpha value is -4.13. The van der Waals surface area contributed by atoms with Crippen molar-refractivity contribution in [2.24, 2.45) is 0 Å². The topological polar surface area (TPSA) is 99.1 Å². The molecular weight excluding hydrogens is 388 g/mol. The molecule has 7 heteroatoms. The van der Waals surface area contributed by atoms with Crippen LogP contribution in [0.1, 0.15) is 21.5 Å². The second-order valence-electron chi connectivity index (χ2n) is 6.20. The molecule has 1 N–H and O–H groups in total. The van der Waals surface area contributed by atoms with Crippen LogP contribution >= 0.6 is 0 Å². The van der Waals surface area contributed by atoms with Gasteiger partial charge in [-0.2, -0.15) is 0 Å². The molecule has 0 heterocycles. The standard InChI is InChI=1S/C23H18O7/c24-20-13-18(30-23(27)29-15-17-9-5-2-6-10-17)11-12-19(20)21(25)22(26)28-14-16-7-3-1-4-8-16/h1-13,24H,14-15H2. The number of ketones is 1. The second-order valence-corrected chi connectivity index (χ2v) is 6.20. The summed E-state index contributed by atoms with van der Waals surface area (Å²) in [7, 11) is 0. The van der Waals surface area contributed by atoms with Crippen molar-refractivity contribution in [1.29, 1.82) is 0 Å². The molecule has 0 fully saturated rings. The Bertz CT molecular complexity index is 1030. The fourth-order valence-electron chi connectivity index (χ4n) is 2.51. The Labute approximate surface area is 172 Å². The van der Waals surface area contributed by atoms with Gasteiger partial charge in [0, 0.05) is 6.07 Å². The van der Waals surface area contributed by atoms with Crippen molar-refractivity contribution >= 4 is 17.9 Å². The van der Waals surface area contributed by atoms with Gasteiger partial charge in [-0.1, -0.05) is 60.7 Å². The minimum absolute atomic E-state index is 0.0233. The fraction of sp³-hybridized carbons (Fsp3) is 0.0870. The van der Waals surface area contributed by atoms with E-state index in [4.69, 9.17) is 14.2 Å². The fourth-order valence-corrected chi connectivity index (χ4v) is 2.51. The van der Waals surface area contributed by atoms with Crippen LogP contribution in [-0.4, -0.2) is 23.0 Å². The van der Waals surface area contributed by atoms with Crippen molar-refractivity contribution in [2.75, 3.05) is 0 Å². The number of aromatic hydroxyl groups is 1. The number of Topliss-reactive ketones (excluding diaryl/α,β-unsaturated/α-hetero) is 1. The Morgan fingerprint density at radius 2 is 1.30 bits per heavy atom. The Kier molecular flexibility index (Phi) is 6.78. The zero-order valence-electron chi connectivity index (χ0n) is 15.8. The minimum Gasteiger partial charge on any atom is -0.507 e. The van der Waals surface area contributed by atoms with Gasteiger partial charge in [-0.05, 0) is 23.3 Å². The molecule has 7 nitrogen and oxygen atoms in total. The highest BCUT2D eigenvalue weighted by Gasteiger charge is 2.22. The number of hydrogen-bond acceptors (Lipinski definition) is 7. The summed E-state index contributed by atoms with van der Waals surface area (Å²) < 4.78 is 14.9. The third-order valence-electron chi connectivity index (χ3n) is 4.01. The number of ether oxygens (including phenoxy) is 3. The maximum Gasteiger partial charge on any atom is 0.514 e. The van der Waals surface area contributed by atoms with Gasteiger partial charge in [-0.3, -0.25) is 4.79 Å². The third kappa shape index (κ3) is 5.68. The number of phenols is 1. The predicted octanol–water partition coefficient (Wildman–Crippen LogP) is 4.03. The quantitative estimate of drug-likeness (QED) is 0.274. The molecule has 0 bridgehead atoms. The normalized spacial score (nSPS) is 10.1. The van der Waals surface area contributed by atoms with E-state index in [0.29, 0.717) is 0 Å². The number of benzene rings is 3. The maximum absolute atomic E-state index is 12.2. The van der Waals surface area contributed by atoms with Crippen LogP contribution in [0.3, 0.4) is 0 Å². The van der Waals surface area contributed by atoms with Crippen LogP contribution in [0.15, 0.2) is 78.9 Å². The van der Waals surface area contributed by atoms with Crippen molar-refractivity contribution < 1.29 is 33.7 Å². The molecule has 0 radical (unpaired) electrons. The Balaban J connectivity index is 1.55. The van der Waals surface area contributed by atoms with Crippen LogP contribution in [0.2, 0.25) is 0 Å². The van der Waals surface area contributed by atoms with Gasteiger partial charge in [0.05, 0.1) is 5.56 Å². The number of esters is 1. The summed E-state index contributed by atoms with van der Waals surface area (Å²) in [5.41, 5.74) is 1.24. The van der Waals surface area contributed by atoms with Crippen LogP contribution in [0.4, 0.5) is 4.79 Å². The molecule has 0 aliphatic heterocycles. The Morgan fingerprint density at radius 3 is 1.87 bits per heavy atom. The SMILES string of the molecule is O=C(OCc1ccccc1)Oc1ccc(C(=O)C(=O)OCc2ccccc2)c(O)c1. The van der Waals surface area contributed by atoms with Gasteiger partial charge in [0.15, 0.2) is 0 Å². The minimum atomic E-state index is -1.11. The van der Waals surface area contributed by atoms with Crippen molar-refractivity contribution in [3.8, 4) is 11.5 Å². The number of carbonyl (C=O) groups excluding carboxylic acids is 3. The van der Waals surface area contributed by atoms with Crippen molar-refractivity contribution in [1.82, 2.24) is 0 Å². The van der Waals surface area contributed by atoms with E-state index in [-0.39, 0.29) is 24.5 Å². The van der Waals surface area contributed by atoms with E-state index in [1.54, 1.807) is 36.4 Å². The molecule has 0 amide bonds. The lowest BCUT2D eigenvalue weighted by atomic mass is 10.1. The van der Waals surface area contributed by atoms with Crippen LogP contribution in [0.5, 0.6) is 11.5 Å². The number of rotatable bonds is 7. The molecule has 0 saturated heterocycles. The van der Waals surface area contributed by atoms with Gasteiger partial charge in [0.2, 0.25) is 0 Å². The molecule has 0 aliphatic carbocycles. The highest BCUT2D eigenvalue weighted by Crippen LogP contribution is 2.25. The average Bonchev–Trinajstić information content (AvgIpc) is 2.77. The molecule has 0 atom stereocenters. The first-order valence-electron chi connectivity index (χ1n) is 9.00. The van der Waals surface area contributed by atoms with E-state index in [9.17, 15) is 19.5 Å². The smallest absolute Gasteiger partial charge is 0.507 e. The van der Waals surface area contributed by atoms with Crippen LogP contribution in [0, 0.1) is 0 Å². The zero-order valence-corrected chi connectivity index (χ0v) is 15.8. The molecule has 152 valence electrons. The van der Waals surface area contributed by atoms with E-state index >= 15 is 0 Å². The van der Waals surface area contributed by atoms with Crippen LogP contribution in [0.25, 0.3) is 0 Å². The lowest BCUT2D eigenvalue weighted by molar-refractivity contribution is -0.139.